The van der Waals surface area contributed by atoms with Crippen molar-refractivity contribution >= 4 is 29.1 Å². The first-order valence-electron chi connectivity index (χ1n) is 8.34. The van der Waals surface area contributed by atoms with Crippen LogP contribution in [0, 0.1) is 0 Å². The number of para-hydroxylation sites is 1. The molecule has 1 aliphatic rings. The summed E-state index contributed by atoms with van der Waals surface area (Å²) < 4.78 is 1.58. The molecule has 1 fully saturated rings. The molecule has 25 heavy (non-hydrogen) atoms. The molecule has 0 unspecified atom stereocenters. The smallest absolute Gasteiger partial charge is 0.293 e. The van der Waals surface area contributed by atoms with Gasteiger partial charge in [0.1, 0.15) is 11.5 Å². The fraction of sp³-hybridized carbons (Fsp3) is 0.471. The molecule has 0 bridgehead atoms. The summed E-state index contributed by atoms with van der Waals surface area (Å²) in [5.74, 6) is 0.675. The summed E-state index contributed by atoms with van der Waals surface area (Å²) in [4.78, 5) is 19.0. The highest BCUT2D eigenvalue weighted by atomic mass is 35.5. The highest BCUT2D eigenvalue weighted by Gasteiger charge is 2.27. The van der Waals surface area contributed by atoms with E-state index >= 15 is 0 Å². The van der Waals surface area contributed by atoms with Crippen molar-refractivity contribution in [1.29, 1.82) is 0 Å². The molecular formula is C17H21Cl2N5O. The van der Waals surface area contributed by atoms with Gasteiger partial charge in [-0.3, -0.25) is 4.79 Å². The number of hydrogen-bond donors (Lipinski definition) is 1. The van der Waals surface area contributed by atoms with Gasteiger partial charge in [-0.25, -0.2) is 9.67 Å². The molecule has 0 atom stereocenters. The first-order chi connectivity index (χ1) is 11.9. The molecule has 0 radical (unpaired) electrons. The molecule has 2 heterocycles. The van der Waals surface area contributed by atoms with E-state index in [4.69, 9.17) is 28.9 Å². The SMILES string of the molecule is CC(C)c1nc(C(=O)N2CCC(N)CC2)nn1-c1c(Cl)cccc1Cl. The van der Waals surface area contributed by atoms with E-state index in [2.05, 4.69) is 10.1 Å². The van der Waals surface area contributed by atoms with Crippen LogP contribution in [-0.4, -0.2) is 44.7 Å². The van der Waals surface area contributed by atoms with Gasteiger partial charge in [-0.1, -0.05) is 43.1 Å². The van der Waals surface area contributed by atoms with Gasteiger partial charge in [0.2, 0.25) is 5.82 Å². The number of likely N-dealkylation sites (tertiary alicyclic amines) is 1. The lowest BCUT2D eigenvalue weighted by Crippen LogP contribution is -2.43. The van der Waals surface area contributed by atoms with E-state index < -0.39 is 0 Å². The highest BCUT2D eigenvalue weighted by Crippen LogP contribution is 2.30. The average Bonchev–Trinajstić information content (AvgIpc) is 3.00. The molecule has 0 aliphatic carbocycles. The number of rotatable bonds is 3. The monoisotopic (exact) mass is 381 g/mol. The Balaban J connectivity index is 1.99. The fourth-order valence-corrected chi connectivity index (χ4v) is 3.45. The summed E-state index contributed by atoms with van der Waals surface area (Å²) in [6.45, 7) is 5.22. The van der Waals surface area contributed by atoms with Crippen molar-refractivity contribution in [2.45, 2.75) is 38.6 Å². The normalized spacial score (nSPS) is 15.8. The predicted molar refractivity (Wildman–Crippen MR) is 98.6 cm³/mol. The van der Waals surface area contributed by atoms with E-state index in [1.807, 2.05) is 13.8 Å². The van der Waals surface area contributed by atoms with Crippen LogP contribution in [0.2, 0.25) is 10.0 Å². The number of nitrogens with zero attached hydrogens (tertiary/aromatic N) is 4. The van der Waals surface area contributed by atoms with Gasteiger partial charge in [0.05, 0.1) is 10.0 Å². The molecule has 134 valence electrons. The van der Waals surface area contributed by atoms with Gasteiger partial charge >= 0.3 is 0 Å². The van der Waals surface area contributed by atoms with E-state index in [1.54, 1.807) is 27.8 Å². The summed E-state index contributed by atoms with van der Waals surface area (Å²) in [6.07, 6.45) is 1.58. The average molecular weight is 382 g/mol. The van der Waals surface area contributed by atoms with Crippen LogP contribution in [-0.2, 0) is 0 Å². The topological polar surface area (TPSA) is 77.0 Å². The highest BCUT2D eigenvalue weighted by molar-refractivity contribution is 6.37. The Morgan fingerprint density at radius 1 is 1.24 bits per heavy atom. The number of carbonyl (C=O) groups excluding carboxylic acids is 1. The summed E-state index contributed by atoms with van der Waals surface area (Å²) in [7, 11) is 0. The van der Waals surface area contributed by atoms with E-state index in [9.17, 15) is 4.79 Å². The maximum Gasteiger partial charge on any atom is 0.293 e. The molecule has 1 saturated heterocycles. The lowest BCUT2D eigenvalue weighted by molar-refractivity contribution is 0.0702. The van der Waals surface area contributed by atoms with Gasteiger partial charge in [0.25, 0.3) is 5.91 Å². The van der Waals surface area contributed by atoms with Gasteiger partial charge in [0.15, 0.2) is 0 Å². The van der Waals surface area contributed by atoms with Crippen LogP contribution < -0.4 is 5.73 Å². The summed E-state index contributed by atoms with van der Waals surface area (Å²) >= 11 is 12.6. The molecular weight excluding hydrogens is 361 g/mol. The fourth-order valence-electron chi connectivity index (χ4n) is 2.89. The third kappa shape index (κ3) is 3.66. The molecule has 2 N–H and O–H groups in total. The zero-order valence-corrected chi connectivity index (χ0v) is 15.8. The number of halogens is 2. The van der Waals surface area contributed by atoms with Gasteiger partial charge in [0, 0.05) is 25.0 Å². The molecule has 0 spiro atoms. The standard InChI is InChI=1S/C17H21Cl2N5O/c1-10(2)16-21-15(17(25)23-8-6-11(20)7-9-23)22-24(16)14-12(18)4-3-5-13(14)19/h3-5,10-11H,6-9,20H2,1-2H3. The van der Waals surface area contributed by atoms with Crippen molar-refractivity contribution in [1.82, 2.24) is 19.7 Å². The van der Waals surface area contributed by atoms with Crippen LogP contribution in [0.3, 0.4) is 0 Å². The van der Waals surface area contributed by atoms with Gasteiger partial charge in [-0.2, -0.15) is 0 Å². The van der Waals surface area contributed by atoms with E-state index in [1.165, 1.54) is 0 Å². The van der Waals surface area contributed by atoms with Crippen LogP contribution in [0.5, 0.6) is 0 Å². The number of piperidine rings is 1. The molecule has 3 rings (SSSR count). The Morgan fingerprint density at radius 3 is 2.40 bits per heavy atom. The van der Waals surface area contributed by atoms with E-state index in [0.717, 1.165) is 12.8 Å². The zero-order valence-electron chi connectivity index (χ0n) is 14.2. The number of aromatic nitrogens is 3. The number of benzene rings is 1. The molecule has 8 heteroatoms. The summed E-state index contributed by atoms with van der Waals surface area (Å²) in [5.41, 5.74) is 6.45. The summed E-state index contributed by atoms with van der Waals surface area (Å²) in [5, 5.41) is 5.35. The van der Waals surface area contributed by atoms with Crippen LogP contribution in [0.25, 0.3) is 5.69 Å². The van der Waals surface area contributed by atoms with Crippen molar-refractivity contribution in [3.8, 4) is 5.69 Å². The minimum atomic E-state index is -0.185. The third-order valence-corrected chi connectivity index (χ3v) is 4.93. The van der Waals surface area contributed by atoms with Crippen LogP contribution in [0.1, 0.15) is 49.1 Å². The Hall–Kier alpha value is -1.63. The second kappa shape index (κ2) is 7.32. The molecule has 1 aliphatic heterocycles. The largest absolute Gasteiger partial charge is 0.336 e. The third-order valence-electron chi connectivity index (χ3n) is 4.32. The Bertz CT molecular complexity index is 761. The van der Waals surface area contributed by atoms with Gasteiger partial charge < -0.3 is 10.6 Å². The Morgan fingerprint density at radius 2 is 1.84 bits per heavy atom. The predicted octanol–water partition coefficient (Wildman–Crippen LogP) is 3.26. The zero-order chi connectivity index (χ0) is 18.1. The number of amides is 1. The van der Waals surface area contributed by atoms with Crippen LogP contribution in [0.4, 0.5) is 0 Å². The van der Waals surface area contributed by atoms with Crippen LogP contribution in [0.15, 0.2) is 18.2 Å². The molecule has 2 aromatic rings. The van der Waals surface area contributed by atoms with Gasteiger partial charge in [-0.05, 0) is 25.0 Å². The second-order valence-corrected chi connectivity index (χ2v) is 7.37. The lowest BCUT2D eigenvalue weighted by atomic mass is 10.1. The number of nitrogens with two attached hydrogens (primary N) is 1. The van der Waals surface area contributed by atoms with Crippen molar-refractivity contribution < 1.29 is 4.79 Å². The molecule has 6 nitrogen and oxygen atoms in total. The minimum absolute atomic E-state index is 0.0520. The second-order valence-electron chi connectivity index (χ2n) is 6.56. The Kier molecular flexibility index (Phi) is 5.32. The maximum atomic E-state index is 12.8. The van der Waals surface area contributed by atoms with Crippen molar-refractivity contribution in [2.75, 3.05) is 13.1 Å². The first-order valence-corrected chi connectivity index (χ1v) is 9.10. The Labute approximate surface area is 156 Å². The van der Waals surface area contributed by atoms with E-state index in [0.29, 0.717) is 34.6 Å². The maximum absolute atomic E-state index is 12.8. The molecule has 0 saturated carbocycles. The quantitative estimate of drug-likeness (QED) is 0.884. The summed E-state index contributed by atoms with van der Waals surface area (Å²) in [6, 6.07) is 5.40. The molecule has 1 aromatic carbocycles. The number of hydrogen-bond acceptors (Lipinski definition) is 4. The van der Waals surface area contributed by atoms with Crippen LogP contribution >= 0.6 is 23.2 Å². The van der Waals surface area contributed by atoms with E-state index in [-0.39, 0.29) is 23.7 Å². The first kappa shape index (κ1) is 18.2. The van der Waals surface area contributed by atoms with Crippen molar-refractivity contribution in [3.05, 3.63) is 39.9 Å². The number of carbonyl (C=O) groups is 1. The minimum Gasteiger partial charge on any atom is -0.336 e. The van der Waals surface area contributed by atoms with Crippen molar-refractivity contribution in [3.63, 3.8) is 0 Å². The van der Waals surface area contributed by atoms with Crippen molar-refractivity contribution in [2.24, 2.45) is 5.73 Å². The molecule has 1 amide bonds. The molecule has 1 aromatic heterocycles. The lowest BCUT2D eigenvalue weighted by Gasteiger charge is -2.29. The van der Waals surface area contributed by atoms with Gasteiger partial charge in [-0.15, -0.1) is 5.10 Å².